The van der Waals surface area contributed by atoms with Crippen molar-refractivity contribution >= 4 is 23.6 Å². The number of fused-ring (bicyclic) bond motifs is 1. The molecule has 0 unspecified atom stereocenters. The van der Waals surface area contributed by atoms with Gasteiger partial charge in [0.2, 0.25) is 0 Å². The summed E-state index contributed by atoms with van der Waals surface area (Å²) in [4.78, 5) is 11.1. The Hall–Kier alpha value is -1.62. The summed E-state index contributed by atoms with van der Waals surface area (Å²) >= 11 is 4.07. The molecule has 0 saturated carbocycles. The molecule has 0 amide bonds. The maximum Gasteiger partial charge on any atom is 0.336 e. The van der Waals surface area contributed by atoms with Crippen molar-refractivity contribution in [3.8, 4) is 11.5 Å². The van der Waals surface area contributed by atoms with E-state index in [1.165, 1.54) is 18.2 Å². The molecule has 1 aromatic carbocycles. The van der Waals surface area contributed by atoms with Crippen LogP contribution in [0, 0.1) is 0 Å². The maximum atomic E-state index is 11.1. The molecule has 0 saturated heterocycles. The number of thiol groups is 1. The highest BCUT2D eigenvalue weighted by Crippen LogP contribution is 2.31. The minimum absolute atomic E-state index is 0.238. The smallest absolute Gasteiger partial charge is 0.336 e. The van der Waals surface area contributed by atoms with Crippen molar-refractivity contribution in [1.82, 2.24) is 0 Å². The molecule has 0 radical (unpaired) electrons. The van der Waals surface area contributed by atoms with Crippen molar-refractivity contribution in [2.75, 3.05) is 0 Å². The van der Waals surface area contributed by atoms with Crippen LogP contribution in [0.4, 0.5) is 0 Å². The van der Waals surface area contributed by atoms with Gasteiger partial charge in [0.1, 0.15) is 5.58 Å². The van der Waals surface area contributed by atoms with Gasteiger partial charge in [0.05, 0.1) is 0 Å². The predicted octanol–water partition coefficient (Wildman–Crippen LogP) is 1.63. The Morgan fingerprint density at radius 2 is 1.87 bits per heavy atom. The second-order valence-electron chi connectivity index (χ2n) is 3.09. The lowest BCUT2D eigenvalue weighted by molar-refractivity contribution is 0.403. The van der Waals surface area contributed by atoms with Crippen molar-refractivity contribution in [3.63, 3.8) is 0 Å². The van der Waals surface area contributed by atoms with Crippen molar-refractivity contribution < 1.29 is 14.6 Å². The van der Waals surface area contributed by atoms with E-state index in [-0.39, 0.29) is 17.1 Å². The fourth-order valence-electron chi connectivity index (χ4n) is 1.38. The Morgan fingerprint density at radius 3 is 2.53 bits per heavy atom. The zero-order valence-corrected chi connectivity index (χ0v) is 8.49. The predicted molar refractivity (Wildman–Crippen MR) is 58.5 cm³/mol. The number of aromatic hydroxyl groups is 2. The molecular formula is C10H8O4S. The van der Waals surface area contributed by atoms with Crippen LogP contribution >= 0.6 is 12.6 Å². The quantitative estimate of drug-likeness (QED) is 0.391. The zero-order chi connectivity index (χ0) is 11.0. The fraction of sp³-hybridized carbons (Fsp3) is 0.100. The van der Waals surface area contributed by atoms with Gasteiger partial charge in [0.15, 0.2) is 11.5 Å². The molecule has 0 fully saturated rings. The van der Waals surface area contributed by atoms with Crippen LogP contribution in [-0.4, -0.2) is 10.2 Å². The van der Waals surface area contributed by atoms with Crippen LogP contribution in [0.25, 0.3) is 11.0 Å². The van der Waals surface area contributed by atoms with Gasteiger partial charge in [0.25, 0.3) is 0 Å². The number of benzene rings is 1. The van der Waals surface area contributed by atoms with Gasteiger partial charge in [-0.25, -0.2) is 4.79 Å². The third-order valence-corrected chi connectivity index (χ3v) is 2.44. The molecule has 0 atom stereocenters. The summed E-state index contributed by atoms with van der Waals surface area (Å²) in [6.07, 6.45) is 0. The second kappa shape index (κ2) is 3.51. The van der Waals surface area contributed by atoms with E-state index in [2.05, 4.69) is 12.6 Å². The number of hydrogen-bond acceptors (Lipinski definition) is 5. The normalized spacial score (nSPS) is 10.7. The first-order valence-electron chi connectivity index (χ1n) is 4.21. The summed E-state index contributed by atoms with van der Waals surface area (Å²) in [6, 6.07) is 3.87. The molecule has 0 aliphatic rings. The van der Waals surface area contributed by atoms with Gasteiger partial charge in [-0.05, 0) is 11.6 Å². The van der Waals surface area contributed by atoms with E-state index in [4.69, 9.17) is 4.42 Å². The average molecular weight is 224 g/mol. The van der Waals surface area contributed by atoms with Crippen LogP contribution < -0.4 is 5.63 Å². The van der Waals surface area contributed by atoms with Crippen LogP contribution in [0.15, 0.2) is 27.4 Å². The lowest BCUT2D eigenvalue weighted by Gasteiger charge is -2.04. The van der Waals surface area contributed by atoms with Gasteiger partial charge in [-0.1, -0.05) is 0 Å². The Bertz CT molecular complexity index is 573. The number of phenols is 2. The van der Waals surface area contributed by atoms with Crippen molar-refractivity contribution in [2.45, 2.75) is 5.75 Å². The molecule has 1 heterocycles. The summed E-state index contributed by atoms with van der Waals surface area (Å²) < 4.78 is 4.88. The van der Waals surface area contributed by atoms with E-state index in [1.54, 1.807) is 0 Å². The minimum atomic E-state index is -0.503. The molecule has 78 valence electrons. The number of rotatable bonds is 1. The molecule has 2 aromatic rings. The number of phenolic OH excluding ortho intramolecular Hbond substituents is 2. The monoisotopic (exact) mass is 224 g/mol. The maximum absolute atomic E-state index is 11.1. The van der Waals surface area contributed by atoms with Crippen LogP contribution in [0.3, 0.4) is 0 Å². The van der Waals surface area contributed by atoms with Gasteiger partial charge in [-0.3, -0.25) is 0 Å². The first-order chi connectivity index (χ1) is 7.11. The first kappa shape index (κ1) is 9.92. The van der Waals surface area contributed by atoms with E-state index in [0.29, 0.717) is 16.7 Å². The molecule has 4 nitrogen and oxygen atoms in total. The summed E-state index contributed by atoms with van der Waals surface area (Å²) in [5.74, 6) is -0.215. The lowest BCUT2D eigenvalue weighted by atomic mass is 10.1. The molecule has 0 aliphatic carbocycles. The van der Waals surface area contributed by atoms with Crippen LogP contribution in [0.2, 0.25) is 0 Å². The van der Waals surface area contributed by atoms with Crippen LogP contribution in [-0.2, 0) is 5.75 Å². The van der Waals surface area contributed by atoms with Gasteiger partial charge in [-0.15, -0.1) is 0 Å². The Labute approximate surface area is 90.2 Å². The summed E-state index contributed by atoms with van der Waals surface area (Å²) in [7, 11) is 0. The highest BCUT2D eigenvalue weighted by atomic mass is 32.1. The molecule has 15 heavy (non-hydrogen) atoms. The highest BCUT2D eigenvalue weighted by molar-refractivity contribution is 7.79. The Balaban J connectivity index is 2.90. The molecule has 0 bridgehead atoms. The lowest BCUT2D eigenvalue weighted by Crippen LogP contribution is -1.99. The average Bonchev–Trinajstić information content (AvgIpc) is 2.19. The van der Waals surface area contributed by atoms with E-state index in [1.807, 2.05) is 0 Å². The standard InChI is InChI=1S/C10H8O4S/c11-7-2-6-5(4-15)1-10(13)14-9(6)3-8(7)12/h1-3,11-12,15H,4H2. The van der Waals surface area contributed by atoms with Crippen molar-refractivity contribution in [3.05, 3.63) is 34.2 Å². The van der Waals surface area contributed by atoms with E-state index in [0.717, 1.165) is 0 Å². The van der Waals surface area contributed by atoms with E-state index < -0.39 is 5.63 Å². The largest absolute Gasteiger partial charge is 0.504 e. The summed E-state index contributed by atoms with van der Waals surface area (Å²) in [6.45, 7) is 0. The second-order valence-corrected chi connectivity index (χ2v) is 3.40. The van der Waals surface area contributed by atoms with Crippen LogP contribution in [0.5, 0.6) is 11.5 Å². The van der Waals surface area contributed by atoms with Gasteiger partial charge >= 0.3 is 5.63 Å². The SMILES string of the molecule is O=c1cc(CS)c2cc(O)c(O)cc2o1. The van der Waals surface area contributed by atoms with E-state index in [9.17, 15) is 15.0 Å². The van der Waals surface area contributed by atoms with Gasteiger partial charge in [0, 0.05) is 23.3 Å². The van der Waals surface area contributed by atoms with Gasteiger partial charge in [-0.2, -0.15) is 12.6 Å². The highest BCUT2D eigenvalue weighted by Gasteiger charge is 2.08. The van der Waals surface area contributed by atoms with Gasteiger partial charge < -0.3 is 14.6 Å². The van der Waals surface area contributed by atoms with Crippen molar-refractivity contribution in [2.24, 2.45) is 0 Å². The third kappa shape index (κ3) is 1.66. The molecule has 0 aliphatic heterocycles. The molecule has 2 N–H and O–H groups in total. The van der Waals surface area contributed by atoms with E-state index >= 15 is 0 Å². The minimum Gasteiger partial charge on any atom is -0.504 e. The first-order valence-corrected chi connectivity index (χ1v) is 4.84. The number of hydrogen-bond donors (Lipinski definition) is 3. The molecular weight excluding hydrogens is 216 g/mol. The topological polar surface area (TPSA) is 70.7 Å². The molecule has 1 aromatic heterocycles. The Kier molecular flexibility index (Phi) is 2.32. The molecule has 2 rings (SSSR count). The summed E-state index contributed by atoms with van der Waals surface area (Å²) in [5.41, 5.74) is 0.387. The summed E-state index contributed by atoms with van der Waals surface area (Å²) in [5, 5.41) is 19.1. The molecule has 5 heteroatoms. The fourth-order valence-corrected chi connectivity index (χ4v) is 1.64. The molecule has 0 spiro atoms. The Morgan fingerprint density at radius 1 is 1.20 bits per heavy atom. The van der Waals surface area contributed by atoms with Crippen molar-refractivity contribution in [1.29, 1.82) is 0 Å². The third-order valence-electron chi connectivity index (χ3n) is 2.10. The zero-order valence-electron chi connectivity index (χ0n) is 7.60. The van der Waals surface area contributed by atoms with Crippen LogP contribution in [0.1, 0.15) is 5.56 Å².